The number of hydrogen-bond acceptors (Lipinski definition) is 4. The maximum absolute atomic E-state index is 13.6. The number of halogens is 2. The second kappa shape index (κ2) is 8.85. The molecule has 38 heavy (non-hydrogen) atoms. The molecular formula is C30H25F2N5S. The number of hydrogen-bond donors (Lipinski definition) is 2. The lowest BCUT2D eigenvalue weighted by atomic mass is 10.0. The first kappa shape index (κ1) is 23.3. The molecule has 5 heterocycles. The van der Waals surface area contributed by atoms with Crippen LogP contribution in [0.2, 0.25) is 0 Å². The van der Waals surface area contributed by atoms with Gasteiger partial charge in [-0.15, -0.1) is 11.3 Å². The van der Waals surface area contributed by atoms with Crippen LogP contribution in [0.25, 0.3) is 54.8 Å². The zero-order chi connectivity index (χ0) is 25.9. The van der Waals surface area contributed by atoms with Gasteiger partial charge in [0.25, 0.3) is 5.92 Å². The van der Waals surface area contributed by atoms with Crippen LogP contribution in [0.4, 0.5) is 8.78 Å². The number of aromatic amines is 2. The molecular weight excluding hydrogens is 500 g/mol. The Morgan fingerprint density at radius 3 is 2.71 bits per heavy atom. The molecule has 0 spiro atoms. The molecule has 6 aromatic rings. The maximum atomic E-state index is 13.6. The van der Waals surface area contributed by atoms with Crippen molar-refractivity contribution in [3.05, 3.63) is 83.5 Å². The van der Waals surface area contributed by atoms with Crippen molar-refractivity contribution in [3.63, 3.8) is 0 Å². The second-order valence-corrected chi connectivity index (χ2v) is 11.4. The highest BCUT2D eigenvalue weighted by atomic mass is 32.1. The second-order valence-electron chi connectivity index (χ2n) is 10.1. The Morgan fingerprint density at radius 2 is 1.89 bits per heavy atom. The third kappa shape index (κ3) is 4.19. The van der Waals surface area contributed by atoms with E-state index in [0.29, 0.717) is 13.1 Å². The summed E-state index contributed by atoms with van der Waals surface area (Å²) in [6.07, 6.45) is 3.50. The van der Waals surface area contributed by atoms with Crippen molar-refractivity contribution in [2.75, 3.05) is 13.1 Å². The van der Waals surface area contributed by atoms with E-state index in [2.05, 4.69) is 69.6 Å². The van der Waals surface area contributed by atoms with E-state index in [1.807, 2.05) is 24.4 Å². The number of H-pyrrole nitrogens is 2. The van der Waals surface area contributed by atoms with E-state index < -0.39 is 5.92 Å². The molecule has 0 bridgehead atoms. The molecule has 1 aliphatic heterocycles. The van der Waals surface area contributed by atoms with Crippen LogP contribution < -0.4 is 0 Å². The Balaban J connectivity index is 1.24. The third-order valence-corrected chi connectivity index (χ3v) is 8.31. The van der Waals surface area contributed by atoms with E-state index in [-0.39, 0.29) is 13.0 Å². The molecule has 1 saturated heterocycles. The largest absolute Gasteiger partial charge is 0.353 e. The van der Waals surface area contributed by atoms with Crippen LogP contribution >= 0.6 is 11.3 Å². The number of nitrogens with one attached hydrogen (secondary N) is 2. The number of aromatic nitrogens is 4. The fourth-order valence-corrected chi connectivity index (χ4v) is 6.31. The number of rotatable bonds is 5. The quantitative estimate of drug-likeness (QED) is 0.243. The van der Waals surface area contributed by atoms with Crippen LogP contribution in [0, 0.1) is 6.92 Å². The predicted molar refractivity (Wildman–Crippen MR) is 150 cm³/mol. The average molecular weight is 526 g/mol. The standard InChI is InChI=1S/C30H25F2N5S/c1-18-5-8-28(38-18)22-3-2-4-25-23(22)13-27(34-25)29-24-12-20(6-7-26(24)35-36-29)21-11-19(14-33-15-21)16-37-10-9-30(31,32)17-37/h2-8,11-15,34H,9-10,16-17H2,1H3,(H,35,36). The van der Waals surface area contributed by atoms with Gasteiger partial charge in [-0.1, -0.05) is 18.2 Å². The first-order valence-corrected chi connectivity index (χ1v) is 13.5. The number of alkyl halides is 2. The van der Waals surface area contributed by atoms with Gasteiger partial charge < -0.3 is 4.98 Å². The molecule has 0 unspecified atom stereocenters. The Bertz CT molecular complexity index is 1800. The number of likely N-dealkylation sites (tertiary alicyclic amines) is 1. The minimum atomic E-state index is -2.60. The average Bonchev–Trinajstić information content (AvgIpc) is 3.69. The number of benzene rings is 2. The zero-order valence-corrected chi connectivity index (χ0v) is 21.6. The number of thiophene rings is 1. The van der Waals surface area contributed by atoms with Gasteiger partial charge in [0.2, 0.25) is 0 Å². The molecule has 1 fully saturated rings. The number of fused-ring (bicyclic) bond motifs is 2. The van der Waals surface area contributed by atoms with E-state index in [0.717, 1.165) is 44.5 Å². The van der Waals surface area contributed by atoms with Gasteiger partial charge >= 0.3 is 0 Å². The summed E-state index contributed by atoms with van der Waals surface area (Å²) >= 11 is 1.79. The first-order valence-electron chi connectivity index (χ1n) is 12.6. The highest BCUT2D eigenvalue weighted by Crippen LogP contribution is 2.37. The lowest BCUT2D eigenvalue weighted by Gasteiger charge is -2.15. The smallest absolute Gasteiger partial charge is 0.261 e. The molecule has 2 N–H and O–H groups in total. The Labute approximate surface area is 222 Å². The molecule has 4 aromatic heterocycles. The van der Waals surface area contributed by atoms with Crippen molar-refractivity contribution in [3.8, 4) is 33.0 Å². The fourth-order valence-electron chi connectivity index (χ4n) is 5.41. The normalized spacial score (nSPS) is 15.7. The van der Waals surface area contributed by atoms with Crippen LogP contribution in [-0.2, 0) is 6.54 Å². The minimum absolute atomic E-state index is 0.0811. The highest BCUT2D eigenvalue weighted by Gasteiger charge is 2.37. The van der Waals surface area contributed by atoms with Crippen LogP contribution in [0.1, 0.15) is 16.9 Å². The van der Waals surface area contributed by atoms with Gasteiger partial charge in [-0.2, -0.15) is 5.10 Å². The molecule has 0 saturated carbocycles. The molecule has 1 aliphatic rings. The number of aryl methyl sites for hydroxylation is 1. The van der Waals surface area contributed by atoms with Gasteiger partial charge in [0.05, 0.1) is 17.8 Å². The molecule has 7 rings (SSSR count). The predicted octanol–water partition coefficient (Wildman–Crippen LogP) is 7.65. The number of pyridine rings is 1. The molecule has 8 heteroatoms. The lowest BCUT2D eigenvalue weighted by molar-refractivity contribution is 0.0115. The van der Waals surface area contributed by atoms with E-state index in [1.54, 1.807) is 22.4 Å². The van der Waals surface area contributed by atoms with E-state index in [4.69, 9.17) is 0 Å². The van der Waals surface area contributed by atoms with Crippen molar-refractivity contribution >= 4 is 33.1 Å². The van der Waals surface area contributed by atoms with Gasteiger partial charge in [0.1, 0.15) is 5.69 Å². The maximum Gasteiger partial charge on any atom is 0.261 e. The van der Waals surface area contributed by atoms with Gasteiger partial charge in [-0.25, -0.2) is 8.78 Å². The highest BCUT2D eigenvalue weighted by molar-refractivity contribution is 7.15. The van der Waals surface area contributed by atoms with Crippen molar-refractivity contribution in [1.29, 1.82) is 0 Å². The van der Waals surface area contributed by atoms with Gasteiger partial charge in [-0.05, 0) is 60.5 Å². The molecule has 0 amide bonds. The van der Waals surface area contributed by atoms with Gasteiger partial charge in [0, 0.05) is 69.1 Å². The topological polar surface area (TPSA) is 60.6 Å². The molecule has 190 valence electrons. The Kier molecular flexibility index (Phi) is 5.42. The van der Waals surface area contributed by atoms with Gasteiger partial charge in [-0.3, -0.25) is 15.0 Å². The summed E-state index contributed by atoms with van der Waals surface area (Å²) in [4.78, 5) is 12.3. The molecule has 5 nitrogen and oxygen atoms in total. The molecule has 2 aromatic carbocycles. The van der Waals surface area contributed by atoms with E-state index in [1.165, 1.54) is 20.7 Å². The molecule has 0 radical (unpaired) electrons. The summed E-state index contributed by atoms with van der Waals surface area (Å²) in [5, 5.41) is 9.99. The summed E-state index contributed by atoms with van der Waals surface area (Å²) < 4.78 is 27.3. The Hall–Kier alpha value is -3.88. The summed E-state index contributed by atoms with van der Waals surface area (Å²) in [6.45, 7) is 2.80. The monoisotopic (exact) mass is 525 g/mol. The Morgan fingerprint density at radius 1 is 0.974 bits per heavy atom. The first-order chi connectivity index (χ1) is 18.4. The van der Waals surface area contributed by atoms with Crippen molar-refractivity contribution in [1.82, 2.24) is 25.1 Å². The summed E-state index contributed by atoms with van der Waals surface area (Å²) in [6, 6.07) is 21.1. The number of nitrogens with zero attached hydrogens (tertiary/aromatic N) is 3. The van der Waals surface area contributed by atoms with Gasteiger partial charge in [0.15, 0.2) is 0 Å². The van der Waals surface area contributed by atoms with Crippen LogP contribution in [-0.4, -0.2) is 44.1 Å². The lowest BCUT2D eigenvalue weighted by Crippen LogP contribution is -2.24. The van der Waals surface area contributed by atoms with Crippen molar-refractivity contribution < 1.29 is 8.78 Å². The van der Waals surface area contributed by atoms with E-state index >= 15 is 0 Å². The summed E-state index contributed by atoms with van der Waals surface area (Å²) in [7, 11) is 0. The third-order valence-electron chi connectivity index (χ3n) is 7.27. The van der Waals surface area contributed by atoms with Crippen LogP contribution in [0.3, 0.4) is 0 Å². The van der Waals surface area contributed by atoms with E-state index in [9.17, 15) is 8.78 Å². The molecule has 0 aliphatic carbocycles. The molecule has 0 atom stereocenters. The minimum Gasteiger partial charge on any atom is -0.353 e. The SMILES string of the molecule is Cc1ccc(-c2cccc3[nH]c(-c4n[nH]c5ccc(-c6cncc(CN7CCC(F)(F)C7)c6)cc45)cc23)s1. The van der Waals surface area contributed by atoms with Crippen LogP contribution in [0.15, 0.2) is 73.1 Å². The zero-order valence-electron chi connectivity index (χ0n) is 20.8. The summed E-state index contributed by atoms with van der Waals surface area (Å²) in [5.74, 6) is -2.60. The van der Waals surface area contributed by atoms with Crippen molar-refractivity contribution in [2.45, 2.75) is 25.8 Å². The summed E-state index contributed by atoms with van der Waals surface area (Å²) in [5.41, 5.74) is 7.92. The fraction of sp³-hybridized carbons (Fsp3) is 0.200. The van der Waals surface area contributed by atoms with Crippen LogP contribution in [0.5, 0.6) is 0 Å². The van der Waals surface area contributed by atoms with Crippen molar-refractivity contribution in [2.24, 2.45) is 0 Å².